The smallest absolute Gasteiger partial charge is 0.258 e. The van der Waals surface area contributed by atoms with E-state index in [1.807, 2.05) is 53.4 Å². The Morgan fingerprint density at radius 2 is 2.00 bits per heavy atom. The molecule has 1 amide bonds. The van der Waals surface area contributed by atoms with Crippen molar-refractivity contribution in [3.63, 3.8) is 0 Å². The summed E-state index contributed by atoms with van der Waals surface area (Å²) in [6, 6.07) is 11.1. The molecule has 1 aromatic carbocycles. The summed E-state index contributed by atoms with van der Waals surface area (Å²) in [5.74, 6) is 1.43. The van der Waals surface area contributed by atoms with Gasteiger partial charge in [-0.3, -0.25) is 9.20 Å². The molecule has 0 aliphatic carbocycles. The fourth-order valence-corrected chi connectivity index (χ4v) is 3.22. The quantitative estimate of drug-likeness (QED) is 0.453. The molecule has 0 radical (unpaired) electrons. The van der Waals surface area contributed by atoms with Gasteiger partial charge in [0, 0.05) is 36.3 Å². The van der Waals surface area contributed by atoms with Gasteiger partial charge in [0.25, 0.3) is 11.8 Å². The van der Waals surface area contributed by atoms with Gasteiger partial charge in [-0.1, -0.05) is 17.3 Å². The van der Waals surface area contributed by atoms with Crippen LogP contribution in [0.15, 0.2) is 65.8 Å². The molecule has 0 saturated heterocycles. The maximum Gasteiger partial charge on any atom is 0.258 e. The Bertz CT molecular complexity index is 1340. The zero-order chi connectivity index (χ0) is 21.2. The van der Waals surface area contributed by atoms with Crippen molar-refractivity contribution in [3.05, 3.63) is 84.1 Å². The number of nitrogens with one attached hydrogen (secondary N) is 1. The number of pyridine rings is 1. The van der Waals surface area contributed by atoms with Gasteiger partial charge in [0.15, 0.2) is 17.3 Å². The molecule has 0 aliphatic rings. The van der Waals surface area contributed by atoms with E-state index in [1.165, 1.54) is 0 Å². The summed E-state index contributed by atoms with van der Waals surface area (Å²) in [5.41, 5.74) is 3.05. The molecular formula is C21H18N8O2. The second-order valence-corrected chi connectivity index (χ2v) is 7.02. The molecule has 5 aromatic rings. The number of carbonyl (C=O) groups excluding carboxylic acids is 1. The van der Waals surface area contributed by atoms with Crippen molar-refractivity contribution >= 4 is 11.6 Å². The summed E-state index contributed by atoms with van der Waals surface area (Å²) in [5, 5.41) is 15.0. The summed E-state index contributed by atoms with van der Waals surface area (Å²) >= 11 is 0. The molecule has 0 spiro atoms. The monoisotopic (exact) mass is 414 g/mol. The number of fused-ring (bicyclic) bond motifs is 1. The highest BCUT2D eigenvalue weighted by Gasteiger charge is 2.12. The van der Waals surface area contributed by atoms with E-state index >= 15 is 0 Å². The van der Waals surface area contributed by atoms with Crippen LogP contribution in [0.5, 0.6) is 0 Å². The Hall–Kier alpha value is -4.34. The number of amides is 1. The molecule has 10 heteroatoms. The van der Waals surface area contributed by atoms with E-state index in [0.717, 1.165) is 11.1 Å². The number of benzene rings is 1. The third kappa shape index (κ3) is 3.90. The summed E-state index contributed by atoms with van der Waals surface area (Å²) in [6.07, 6.45) is 7.21. The number of carbonyl (C=O) groups is 1. The molecule has 0 aliphatic heterocycles. The van der Waals surface area contributed by atoms with Gasteiger partial charge in [-0.2, -0.15) is 4.98 Å². The van der Waals surface area contributed by atoms with Crippen molar-refractivity contribution in [2.24, 2.45) is 0 Å². The Kier molecular flexibility index (Phi) is 4.71. The first-order chi connectivity index (χ1) is 15.2. The fourth-order valence-electron chi connectivity index (χ4n) is 3.22. The minimum Gasteiger partial charge on any atom is -0.345 e. The third-order valence-electron chi connectivity index (χ3n) is 4.80. The van der Waals surface area contributed by atoms with E-state index in [0.29, 0.717) is 35.3 Å². The lowest BCUT2D eigenvalue weighted by Crippen LogP contribution is -2.24. The minimum absolute atomic E-state index is 0.177. The first-order valence-electron chi connectivity index (χ1n) is 9.63. The van der Waals surface area contributed by atoms with E-state index in [-0.39, 0.29) is 12.5 Å². The Balaban J connectivity index is 1.25. The molecule has 10 nitrogen and oxygen atoms in total. The topological polar surface area (TPSA) is 116 Å². The maximum absolute atomic E-state index is 12.5. The summed E-state index contributed by atoms with van der Waals surface area (Å²) in [7, 11) is 0. The molecular weight excluding hydrogens is 396 g/mol. The lowest BCUT2D eigenvalue weighted by atomic mass is 10.1. The van der Waals surface area contributed by atoms with Gasteiger partial charge in [-0.05, 0) is 36.8 Å². The fraction of sp³-hybridized carbons (Fsp3) is 0.143. The Morgan fingerprint density at radius 3 is 2.74 bits per heavy atom. The highest BCUT2D eigenvalue weighted by Crippen LogP contribution is 2.19. The van der Waals surface area contributed by atoms with Crippen LogP contribution in [0.1, 0.15) is 27.6 Å². The van der Waals surface area contributed by atoms with Crippen LogP contribution in [-0.4, -0.2) is 40.2 Å². The van der Waals surface area contributed by atoms with Crippen molar-refractivity contribution in [2.75, 3.05) is 0 Å². The standard InChI is InChI=1S/C21H18N8O2/c1-14-24-21(31-27-14)17-6-8-29-18(10-17)25-26-19(29)11-23-20(30)16-4-2-15(3-5-16)12-28-9-7-22-13-28/h2-10,13H,11-12H2,1H3,(H,23,30). The second-order valence-electron chi connectivity index (χ2n) is 7.02. The third-order valence-corrected chi connectivity index (χ3v) is 4.80. The molecule has 0 atom stereocenters. The molecule has 4 heterocycles. The molecule has 31 heavy (non-hydrogen) atoms. The van der Waals surface area contributed by atoms with E-state index in [2.05, 4.69) is 30.6 Å². The largest absolute Gasteiger partial charge is 0.345 e. The van der Waals surface area contributed by atoms with Gasteiger partial charge in [0.05, 0.1) is 12.9 Å². The number of rotatable bonds is 6. The van der Waals surface area contributed by atoms with E-state index in [4.69, 9.17) is 4.52 Å². The molecule has 0 bridgehead atoms. The number of imidazole rings is 1. The molecule has 4 aromatic heterocycles. The van der Waals surface area contributed by atoms with Gasteiger partial charge in [0.2, 0.25) is 0 Å². The lowest BCUT2D eigenvalue weighted by molar-refractivity contribution is 0.0949. The highest BCUT2D eigenvalue weighted by atomic mass is 16.5. The van der Waals surface area contributed by atoms with Crippen LogP contribution in [-0.2, 0) is 13.1 Å². The average molecular weight is 414 g/mol. The average Bonchev–Trinajstić information content (AvgIpc) is 3.53. The molecule has 1 N–H and O–H groups in total. The van der Waals surface area contributed by atoms with Crippen LogP contribution < -0.4 is 5.32 Å². The predicted octanol–water partition coefficient (Wildman–Crippen LogP) is 2.26. The molecule has 0 fully saturated rings. The molecule has 5 rings (SSSR count). The van der Waals surface area contributed by atoms with Gasteiger partial charge in [0.1, 0.15) is 0 Å². The van der Waals surface area contributed by atoms with Crippen LogP contribution in [0.25, 0.3) is 17.1 Å². The minimum atomic E-state index is -0.177. The van der Waals surface area contributed by atoms with Gasteiger partial charge < -0.3 is 14.4 Å². The van der Waals surface area contributed by atoms with Crippen molar-refractivity contribution in [1.29, 1.82) is 0 Å². The molecule has 154 valence electrons. The first-order valence-corrected chi connectivity index (χ1v) is 9.63. The lowest BCUT2D eigenvalue weighted by Gasteiger charge is -2.06. The second kappa shape index (κ2) is 7.82. The van der Waals surface area contributed by atoms with Gasteiger partial charge in [-0.15, -0.1) is 10.2 Å². The van der Waals surface area contributed by atoms with E-state index < -0.39 is 0 Å². The van der Waals surface area contributed by atoms with Crippen molar-refractivity contribution < 1.29 is 9.32 Å². The van der Waals surface area contributed by atoms with E-state index in [1.54, 1.807) is 23.8 Å². The van der Waals surface area contributed by atoms with Crippen LogP contribution >= 0.6 is 0 Å². The van der Waals surface area contributed by atoms with Crippen LogP contribution in [0.3, 0.4) is 0 Å². The Labute approximate surface area is 176 Å². The zero-order valence-electron chi connectivity index (χ0n) is 16.6. The number of nitrogens with zero attached hydrogens (tertiary/aromatic N) is 7. The normalized spacial score (nSPS) is 11.1. The number of hydrogen-bond donors (Lipinski definition) is 1. The van der Waals surface area contributed by atoms with Crippen molar-refractivity contribution in [1.82, 2.24) is 39.6 Å². The summed E-state index contributed by atoms with van der Waals surface area (Å²) in [6.45, 7) is 2.71. The SMILES string of the molecule is Cc1noc(-c2ccn3c(CNC(=O)c4ccc(Cn5ccnc5)cc4)nnc3c2)n1. The van der Waals surface area contributed by atoms with Crippen molar-refractivity contribution in [2.45, 2.75) is 20.0 Å². The number of hydrogen-bond acceptors (Lipinski definition) is 7. The van der Waals surface area contributed by atoms with Gasteiger partial charge in [-0.25, -0.2) is 4.98 Å². The molecule has 0 unspecified atom stereocenters. The van der Waals surface area contributed by atoms with Crippen molar-refractivity contribution in [3.8, 4) is 11.5 Å². The van der Waals surface area contributed by atoms with Gasteiger partial charge >= 0.3 is 0 Å². The number of aryl methyl sites for hydroxylation is 1. The molecule has 0 saturated carbocycles. The van der Waals surface area contributed by atoms with Crippen LogP contribution in [0, 0.1) is 6.92 Å². The predicted molar refractivity (Wildman–Crippen MR) is 110 cm³/mol. The zero-order valence-corrected chi connectivity index (χ0v) is 16.6. The van der Waals surface area contributed by atoms with Crippen LogP contribution in [0.4, 0.5) is 0 Å². The highest BCUT2D eigenvalue weighted by molar-refractivity contribution is 5.94. The van der Waals surface area contributed by atoms with E-state index in [9.17, 15) is 4.79 Å². The number of aromatic nitrogens is 7. The first kappa shape index (κ1) is 18.7. The summed E-state index contributed by atoms with van der Waals surface area (Å²) in [4.78, 5) is 20.8. The Morgan fingerprint density at radius 1 is 1.13 bits per heavy atom. The van der Waals surface area contributed by atoms with Crippen LogP contribution in [0.2, 0.25) is 0 Å². The maximum atomic E-state index is 12.5. The summed E-state index contributed by atoms with van der Waals surface area (Å²) < 4.78 is 8.97.